The lowest BCUT2D eigenvalue weighted by atomic mass is 9.94. The molecule has 0 unspecified atom stereocenters. The van der Waals surface area contributed by atoms with E-state index in [1.54, 1.807) is 42.7 Å². The first-order valence-electron chi connectivity index (χ1n) is 9.67. The molecule has 3 aromatic heterocycles. The topological polar surface area (TPSA) is 93.5 Å². The summed E-state index contributed by atoms with van der Waals surface area (Å²) in [5.41, 5.74) is 2.02. The Balaban J connectivity index is 1.33. The number of hydrogen-bond donors (Lipinski definition) is 1. The lowest BCUT2D eigenvalue weighted by molar-refractivity contribution is 0.0926. The summed E-state index contributed by atoms with van der Waals surface area (Å²) in [5.74, 6) is 0.468. The summed E-state index contributed by atoms with van der Waals surface area (Å²) in [7, 11) is 0. The molecule has 148 valence electrons. The average molecular weight is 407 g/mol. The summed E-state index contributed by atoms with van der Waals surface area (Å²) in [4.78, 5) is 34.2. The van der Waals surface area contributed by atoms with Crippen molar-refractivity contribution in [3.63, 3.8) is 0 Å². The maximum atomic E-state index is 12.7. The fourth-order valence-electron chi connectivity index (χ4n) is 3.41. The minimum Gasteiger partial charge on any atom is -0.349 e. The molecule has 0 aliphatic heterocycles. The normalized spacial score (nSPS) is 18.9. The van der Waals surface area contributed by atoms with Crippen LogP contribution < -0.4 is 5.32 Å². The number of thioether (sulfide) groups is 1. The van der Waals surface area contributed by atoms with Crippen molar-refractivity contribution < 1.29 is 4.79 Å². The number of nitrogens with one attached hydrogen (secondary N) is 1. The van der Waals surface area contributed by atoms with Gasteiger partial charge in [-0.2, -0.15) is 0 Å². The van der Waals surface area contributed by atoms with E-state index >= 15 is 0 Å². The highest BCUT2D eigenvalue weighted by molar-refractivity contribution is 7.99. The van der Waals surface area contributed by atoms with Gasteiger partial charge in [0.15, 0.2) is 11.0 Å². The van der Waals surface area contributed by atoms with Crippen molar-refractivity contribution in [1.82, 2.24) is 30.2 Å². The van der Waals surface area contributed by atoms with Crippen molar-refractivity contribution >= 4 is 17.7 Å². The highest BCUT2D eigenvalue weighted by Gasteiger charge is 2.25. The third kappa shape index (κ3) is 4.95. The summed E-state index contributed by atoms with van der Waals surface area (Å²) in [6, 6.07) is 5.74. The maximum absolute atomic E-state index is 12.7. The van der Waals surface area contributed by atoms with Crippen LogP contribution in [0.1, 0.15) is 41.7 Å². The van der Waals surface area contributed by atoms with Gasteiger partial charge in [0.05, 0.1) is 11.3 Å². The van der Waals surface area contributed by atoms with Crippen LogP contribution in [0.25, 0.3) is 11.4 Å². The lowest BCUT2D eigenvalue weighted by Crippen LogP contribution is -2.38. The van der Waals surface area contributed by atoms with Crippen molar-refractivity contribution in [2.24, 2.45) is 0 Å². The van der Waals surface area contributed by atoms with Crippen molar-refractivity contribution in [2.45, 2.75) is 49.1 Å². The predicted molar refractivity (Wildman–Crippen MR) is 111 cm³/mol. The fraction of sp³-hybridized carbons (Fsp3) is 0.333. The van der Waals surface area contributed by atoms with Gasteiger partial charge >= 0.3 is 0 Å². The number of carbonyl (C=O) groups is 1. The van der Waals surface area contributed by atoms with E-state index in [2.05, 4.69) is 30.2 Å². The molecule has 4 rings (SSSR count). The van der Waals surface area contributed by atoms with Crippen molar-refractivity contribution in [2.75, 3.05) is 0 Å². The van der Waals surface area contributed by atoms with Gasteiger partial charge in [-0.3, -0.25) is 9.78 Å². The van der Waals surface area contributed by atoms with Crippen LogP contribution in [0, 0.1) is 6.92 Å². The minimum absolute atomic E-state index is 0.109. The number of aryl methyl sites for hydroxylation is 1. The first-order chi connectivity index (χ1) is 14.2. The Morgan fingerprint density at radius 3 is 2.52 bits per heavy atom. The monoisotopic (exact) mass is 406 g/mol. The number of hydrogen-bond acceptors (Lipinski definition) is 7. The second-order valence-electron chi connectivity index (χ2n) is 7.03. The highest BCUT2D eigenvalue weighted by atomic mass is 32.2. The van der Waals surface area contributed by atoms with Gasteiger partial charge in [-0.1, -0.05) is 11.8 Å². The molecule has 3 aromatic rings. The molecule has 1 amide bonds. The number of amides is 1. The number of nitrogens with zero attached hydrogens (tertiary/aromatic N) is 5. The van der Waals surface area contributed by atoms with Crippen molar-refractivity contribution in [1.29, 1.82) is 0 Å². The van der Waals surface area contributed by atoms with Crippen LogP contribution >= 0.6 is 11.8 Å². The largest absolute Gasteiger partial charge is 0.349 e. The van der Waals surface area contributed by atoms with Gasteiger partial charge < -0.3 is 5.32 Å². The summed E-state index contributed by atoms with van der Waals surface area (Å²) in [6.45, 7) is 1.84. The van der Waals surface area contributed by atoms with E-state index in [1.807, 2.05) is 25.1 Å². The zero-order chi connectivity index (χ0) is 20.1. The SMILES string of the molecule is Cc1nc(-c2cccnc2)ncc1C(=O)NC1CCC(Sc2ncccn2)CC1. The molecule has 29 heavy (non-hydrogen) atoms. The zero-order valence-electron chi connectivity index (χ0n) is 16.2. The third-order valence-corrected chi connectivity index (χ3v) is 6.19. The molecular formula is C21H22N6OS. The molecule has 3 heterocycles. The highest BCUT2D eigenvalue weighted by Crippen LogP contribution is 2.31. The van der Waals surface area contributed by atoms with Gasteiger partial charge in [-0.25, -0.2) is 19.9 Å². The van der Waals surface area contributed by atoms with Gasteiger partial charge in [0.25, 0.3) is 5.91 Å². The lowest BCUT2D eigenvalue weighted by Gasteiger charge is -2.28. The Labute approximate surface area is 173 Å². The van der Waals surface area contributed by atoms with E-state index < -0.39 is 0 Å². The summed E-state index contributed by atoms with van der Waals surface area (Å²) < 4.78 is 0. The maximum Gasteiger partial charge on any atom is 0.254 e. The quantitative estimate of drug-likeness (QED) is 0.648. The molecule has 0 aromatic carbocycles. The van der Waals surface area contributed by atoms with Crippen molar-refractivity contribution in [3.05, 3.63) is 60.4 Å². The molecule has 0 spiro atoms. The zero-order valence-corrected chi connectivity index (χ0v) is 17.0. The molecular weight excluding hydrogens is 384 g/mol. The Bertz CT molecular complexity index is 961. The van der Waals surface area contributed by atoms with E-state index in [0.717, 1.165) is 36.4 Å². The fourth-order valence-corrected chi connectivity index (χ4v) is 4.46. The molecule has 1 aliphatic carbocycles. The Kier molecular flexibility index (Phi) is 6.09. The van der Waals surface area contributed by atoms with Crippen LogP contribution in [-0.2, 0) is 0 Å². The Morgan fingerprint density at radius 1 is 1.03 bits per heavy atom. The number of rotatable bonds is 5. The Hall–Kier alpha value is -2.87. The van der Waals surface area contributed by atoms with Crippen LogP contribution in [0.2, 0.25) is 0 Å². The molecule has 0 bridgehead atoms. The predicted octanol–water partition coefficient (Wildman–Crippen LogP) is 3.47. The van der Waals surface area contributed by atoms with Gasteiger partial charge in [0.1, 0.15) is 0 Å². The summed E-state index contributed by atoms with van der Waals surface area (Å²) in [5, 5.41) is 4.46. The van der Waals surface area contributed by atoms with Crippen LogP contribution in [0.3, 0.4) is 0 Å². The van der Waals surface area contributed by atoms with E-state index in [9.17, 15) is 4.79 Å². The first kappa shape index (κ1) is 19.4. The average Bonchev–Trinajstić information content (AvgIpc) is 2.76. The summed E-state index contributed by atoms with van der Waals surface area (Å²) in [6.07, 6.45) is 12.5. The molecule has 0 saturated heterocycles. The van der Waals surface area contributed by atoms with Gasteiger partial charge in [-0.15, -0.1) is 0 Å². The summed E-state index contributed by atoms with van der Waals surface area (Å²) >= 11 is 1.72. The number of carbonyl (C=O) groups excluding carboxylic acids is 1. The van der Waals surface area contributed by atoms with Crippen LogP contribution in [0.5, 0.6) is 0 Å². The van der Waals surface area contributed by atoms with Gasteiger partial charge in [-0.05, 0) is 50.8 Å². The number of pyridine rings is 1. The molecule has 0 radical (unpaired) electrons. The van der Waals surface area contributed by atoms with Gasteiger partial charge in [0, 0.05) is 47.8 Å². The van der Waals surface area contributed by atoms with Crippen LogP contribution in [-0.4, -0.2) is 42.1 Å². The van der Waals surface area contributed by atoms with E-state index in [1.165, 1.54) is 0 Å². The molecule has 1 aliphatic rings. The van der Waals surface area contributed by atoms with Crippen LogP contribution in [0.4, 0.5) is 0 Å². The second kappa shape index (κ2) is 9.09. The smallest absolute Gasteiger partial charge is 0.254 e. The third-order valence-electron chi connectivity index (χ3n) is 4.97. The number of aromatic nitrogens is 5. The molecule has 8 heteroatoms. The molecule has 1 fully saturated rings. The van der Waals surface area contributed by atoms with Crippen LogP contribution in [0.15, 0.2) is 54.3 Å². The molecule has 1 saturated carbocycles. The van der Waals surface area contributed by atoms with Gasteiger partial charge in [0.2, 0.25) is 0 Å². The molecule has 1 N–H and O–H groups in total. The van der Waals surface area contributed by atoms with E-state index in [-0.39, 0.29) is 11.9 Å². The molecule has 7 nitrogen and oxygen atoms in total. The Morgan fingerprint density at radius 2 is 1.83 bits per heavy atom. The minimum atomic E-state index is -0.109. The standard InChI is InChI=1S/C21H22N6OS/c1-14-18(13-25-19(26-14)15-4-2-9-22-12-15)20(28)27-16-5-7-17(8-6-16)29-21-23-10-3-11-24-21/h2-4,9-13,16-17H,5-8H2,1H3,(H,27,28). The van der Waals surface area contributed by atoms with Crippen molar-refractivity contribution in [3.8, 4) is 11.4 Å². The van der Waals surface area contributed by atoms with E-state index in [0.29, 0.717) is 22.3 Å². The molecule has 0 atom stereocenters. The first-order valence-corrected chi connectivity index (χ1v) is 10.6. The van der Waals surface area contributed by atoms with E-state index in [4.69, 9.17) is 0 Å². The second-order valence-corrected chi connectivity index (χ2v) is 8.30.